The number of fused-ring (bicyclic) bond motifs is 1. The second-order valence-corrected chi connectivity index (χ2v) is 8.60. The standard InChI is InChI=1S/C22H15F5N4O3S/c1-30-14-5-3-4-10(16(14)19(33)31(2)21(30)34)8-15(32)29-20-28-13(9-35-20)11-6-7-12(23)17(18(11)24)22(25,26)27/h3-7,9,16H,8H2,1-2H3/p+1. The predicted molar refractivity (Wildman–Crippen MR) is 116 cm³/mol. The number of nitrogens with zero attached hydrogens (tertiary/aromatic N) is 3. The first-order valence-electron chi connectivity index (χ1n) is 10.00. The molecule has 4 rings (SSSR count). The first kappa shape index (κ1) is 24.4. The molecular weight excluding hydrogens is 495 g/mol. The average Bonchev–Trinajstić information content (AvgIpc) is 3.23. The summed E-state index contributed by atoms with van der Waals surface area (Å²) in [5.41, 5.74) is -1.96. The molecule has 35 heavy (non-hydrogen) atoms. The van der Waals surface area contributed by atoms with Crippen LogP contribution >= 0.6 is 11.3 Å². The lowest BCUT2D eigenvalue weighted by Crippen LogP contribution is -2.52. The first-order chi connectivity index (χ1) is 16.4. The normalized spacial score (nSPS) is 18.1. The second-order valence-electron chi connectivity index (χ2n) is 7.74. The fourth-order valence-electron chi connectivity index (χ4n) is 3.84. The van der Waals surface area contributed by atoms with Crippen LogP contribution in [0.2, 0.25) is 0 Å². The van der Waals surface area contributed by atoms with E-state index in [1.54, 1.807) is 18.2 Å². The molecule has 1 aromatic carbocycles. The minimum absolute atomic E-state index is 0.0298. The van der Waals surface area contributed by atoms with E-state index in [0.29, 0.717) is 17.4 Å². The van der Waals surface area contributed by atoms with E-state index in [4.69, 9.17) is 0 Å². The summed E-state index contributed by atoms with van der Waals surface area (Å²) in [5.74, 6) is -5.46. The molecule has 7 nitrogen and oxygen atoms in total. The third kappa shape index (κ3) is 4.38. The molecule has 1 aliphatic carbocycles. The number of imide groups is 1. The highest BCUT2D eigenvalue weighted by Gasteiger charge is 2.46. The average molecular weight is 511 g/mol. The van der Waals surface area contributed by atoms with Gasteiger partial charge in [-0.2, -0.15) is 27.4 Å². The number of anilines is 1. The molecule has 1 aromatic heterocycles. The van der Waals surface area contributed by atoms with Crippen molar-refractivity contribution in [2.45, 2.75) is 12.6 Å². The Morgan fingerprint density at radius 3 is 2.66 bits per heavy atom. The molecule has 1 atom stereocenters. The second kappa shape index (κ2) is 8.80. The number of urea groups is 1. The summed E-state index contributed by atoms with van der Waals surface area (Å²) >= 11 is 0.834. The van der Waals surface area contributed by atoms with Crippen LogP contribution in [0.3, 0.4) is 0 Å². The summed E-state index contributed by atoms with van der Waals surface area (Å²) in [6, 6.07) is 0.823. The van der Waals surface area contributed by atoms with Crippen LogP contribution in [0.4, 0.5) is 31.9 Å². The maximum absolute atomic E-state index is 14.4. The smallest absolute Gasteiger partial charge is 0.302 e. The number of alkyl halides is 3. The Kier molecular flexibility index (Phi) is 6.13. The van der Waals surface area contributed by atoms with Crippen LogP contribution in [0.5, 0.6) is 0 Å². The number of hydrogen-bond donors (Lipinski definition) is 1. The molecule has 1 aliphatic heterocycles. The zero-order chi connectivity index (χ0) is 25.7. The lowest BCUT2D eigenvalue weighted by Gasteiger charge is -2.27. The van der Waals surface area contributed by atoms with Crippen molar-refractivity contribution in [3.63, 3.8) is 0 Å². The number of aromatic nitrogens is 1. The first-order valence-corrected chi connectivity index (χ1v) is 10.9. The molecule has 1 N–H and O–H groups in total. The van der Waals surface area contributed by atoms with E-state index >= 15 is 0 Å². The molecular formula is C22H16F5N4O3S+. The van der Waals surface area contributed by atoms with E-state index in [0.717, 1.165) is 22.3 Å². The summed E-state index contributed by atoms with van der Waals surface area (Å²) < 4.78 is 68.3. The Bertz CT molecular complexity index is 1360. The van der Waals surface area contributed by atoms with E-state index in [1.807, 2.05) is 0 Å². The van der Waals surface area contributed by atoms with Gasteiger partial charge in [0.15, 0.2) is 5.13 Å². The summed E-state index contributed by atoms with van der Waals surface area (Å²) in [6.45, 7) is 0. The molecule has 2 aromatic rings. The molecule has 0 fully saturated rings. The van der Waals surface area contributed by atoms with Gasteiger partial charge in [0, 0.05) is 17.4 Å². The number of benzene rings is 1. The molecule has 182 valence electrons. The van der Waals surface area contributed by atoms with Gasteiger partial charge < -0.3 is 5.32 Å². The molecule has 0 bridgehead atoms. The highest BCUT2D eigenvalue weighted by Crippen LogP contribution is 2.38. The molecule has 2 heterocycles. The van der Waals surface area contributed by atoms with Crippen molar-refractivity contribution >= 4 is 40.0 Å². The van der Waals surface area contributed by atoms with Crippen molar-refractivity contribution in [1.82, 2.24) is 9.88 Å². The zero-order valence-corrected chi connectivity index (χ0v) is 18.9. The maximum Gasteiger partial charge on any atom is 0.500 e. The minimum Gasteiger partial charge on any atom is -0.302 e. The number of carbonyl (C=O) groups is 3. The van der Waals surface area contributed by atoms with E-state index in [2.05, 4.69) is 10.3 Å². The van der Waals surface area contributed by atoms with Crippen LogP contribution in [0, 0.1) is 17.6 Å². The van der Waals surface area contributed by atoms with Crippen molar-refractivity contribution in [3.05, 3.63) is 58.5 Å². The van der Waals surface area contributed by atoms with Gasteiger partial charge in [-0.15, -0.1) is 11.3 Å². The Morgan fingerprint density at radius 1 is 1.26 bits per heavy atom. The molecule has 0 saturated heterocycles. The highest BCUT2D eigenvalue weighted by atomic mass is 32.1. The predicted octanol–water partition coefficient (Wildman–Crippen LogP) is 4.22. The lowest BCUT2D eigenvalue weighted by molar-refractivity contribution is -0.405. The van der Waals surface area contributed by atoms with Gasteiger partial charge in [0.25, 0.3) is 0 Å². The molecule has 2 aliphatic rings. The number of allylic oxidation sites excluding steroid dienone is 3. The quantitative estimate of drug-likeness (QED) is 0.492. The van der Waals surface area contributed by atoms with Crippen LogP contribution in [-0.2, 0) is 15.8 Å². The number of amides is 4. The Labute approximate surface area is 198 Å². The molecule has 13 heteroatoms. The Morgan fingerprint density at radius 2 is 1.97 bits per heavy atom. The molecule has 4 amide bonds. The van der Waals surface area contributed by atoms with E-state index in [9.17, 15) is 36.3 Å². The van der Waals surface area contributed by atoms with Crippen LogP contribution in [0.25, 0.3) is 11.3 Å². The van der Waals surface area contributed by atoms with Crippen LogP contribution < -0.4 is 5.32 Å². The van der Waals surface area contributed by atoms with Crippen molar-refractivity contribution in [2.75, 3.05) is 19.4 Å². The number of halogens is 5. The number of carbonyl (C=O) groups excluding carboxylic acids is 3. The largest absolute Gasteiger partial charge is 0.500 e. The number of rotatable bonds is 4. The fourth-order valence-corrected chi connectivity index (χ4v) is 4.57. The third-order valence-electron chi connectivity index (χ3n) is 5.55. The molecule has 1 unspecified atom stereocenters. The van der Waals surface area contributed by atoms with E-state index in [-0.39, 0.29) is 17.2 Å². The van der Waals surface area contributed by atoms with Gasteiger partial charge in [-0.1, -0.05) is 12.2 Å². The third-order valence-corrected chi connectivity index (χ3v) is 6.31. The molecule has 0 saturated carbocycles. The summed E-state index contributed by atoms with van der Waals surface area (Å²) in [6.07, 6.45) is -0.679. The zero-order valence-electron chi connectivity index (χ0n) is 18.1. The highest BCUT2D eigenvalue weighted by molar-refractivity contribution is 7.14. The maximum atomic E-state index is 14.4. The van der Waals surface area contributed by atoms with Gasteiger partial charge in [0.2, 0.25) is 5.91 Å². The van der Waals surface area contributed by atoms with E-state index < -0.39 is 52.7 Å². The van der Waals surface area contributed by atoms with Crippen LogP contribution in [0.15, 0.2) is 41.3 Å². The number of thiazole rings is 1. The van der Waals surface area contributed by atoms with Crippen LogP contribution in [-0.4, -0.2) is 52.1 Å². The SMILES string of the molecule is CN1C(=O)C2C(CC(=O)Nc3nc(-c4ccc(F)c(C(F)(F)F)c4F)cs3)=CC=CC2=[N+](C)C1=O. The topological polar surface area (TPSA) is 82.4 Å². The van der Waals surface area contributed by atoms with Crippen molar-refractivity contribution in [2.24, 2.45) is 5.92 Å². The number of nitrogens with one attached hydrogen (secondary N) is 1. The fraction of sp³-hybridized carbons (Fsp3) is 0.227. The number of hydrogen-bond acceptors (Lipinski definition) is 5. The van der Waals surface area contributed by atoms with Gasteiger partial charge in [0.1, 0.15) is 28.8 Å². The van der Waals surface area contributed by atoms with Gasteiger partial charge in [-0.3, -0.25) is 4.79 Å². The van der Waals surface area contributed by atoms with E-state index in [1.165, 1.54) is 24.1 Å². The summed E-state index contributed by atoms with van der Waals surface area (Å²) in [4.78, 5) is 42.4. The summed E-state index contributed by atoms with van der Waals surface area (Å²) in [5, 5.41) is 3.66. The summed E-state index contributed by atoms with van der Waals surface area (Å²) in [7, 11) is 2.85. The van der Waals surface area contributed by atoms with Gasteiger partial charge in [0.05, 0.1) is 19.8 Å². The van der Waals surface area contributed by atoms with Crippen molar-refractivity contribution in [1.29, 1.82) is 0 Å². The van der Waals surface area contributed by atoms with Crippen molar-refractivity contribution < 1.29 is 40.9 Å². The molecule has 0 radical (unpaired) electrons. The lowest BCUT2D eigenvalue weighted by atomic mass is 9.85. The van der Waals surface area contributed by atoms with Gasteiger partial charge in [-0.05, 0) is 23.8 Å². The minimum atomic E-state index is -5.24. The monoisotopic (exact) mass is 511 g/mol. The Hall–Kier alpha value is -3.74. The van der Waals surface area contributed by atoms with Crippen molar-refractivity contribution in [3.8, 4) is 11.3 Å². The van der Waals surface area contributed by atoms with Gasteiger partial charge in [-0.25, -0.2) is 18.6 Å². The molecule has 0 spiro atoms. The van der Waals surface area contributed by atoms with Gasteiger partial charge >= 0.3 is 18.1 Å². The van der Waals surface area contributed by atoms with Crippen LogP contribution in [0.1, 0.15) is 12.0 Å². The Balaban J connectivity index is 1.53.